The summed E-state index contributed by atoms with van der Waals surface area (Å²) in [6, 6.07) is 5.92. The first-order chi connectivity index (χ1) is 8.00. The molecule has 0 fully saturated rings. The topological polar surface area (TPSA) is 32.3 Å². The lowest BCUT2D eigenvalue weighted by molar-refractivity contribution is 0.149. The number of halogens is 2. The van der Waals surface area contributed by atoms with Crippen molar-refractivity contribution >= 4 is 0 Å². The van der Waals surface area contributed by atoms with Crippen LogP contribution in [0.3, 0.4) is 0 Å². The number of aliphatic hydroxyl groups excluding tert-OH is 1. The summed E-state index contributed by atoms with van der Waals surface area (Å²) in [5.74, 6) is 0.495. The third-order valence-corrected chi connectivity index (χ3v) is 2.44. The molecule has 0 aliphatic rings. The van der Waals surface area contributed by atoms with Gasteiger partial charge in [-0.2, -0.15) is 0 Å². The molecular weight excluding hydrogens is 224 g/mol. The van der Waals surface area contributed by atoms with E-state index >= 15 is 0 Å². The summed E-state index contributed by atoms with van der Waals surface area (Å²) in [4.78, 5) is 0. The average Bonchev–Trinajstić information content (AvgIpc) is 2.28. The summed E-state index contributed by atoms with van der Waals surface area (Å²) in [5, 5.41) is 12.9. The van der Waals surface area contributed by atoms with Crippen molar-refractivity contribution in [1.29, 1.82) is 0 Å². The molecule has 1 aromatic rings. The van der Waals surface area contributed by atoms with Crippen LogP contribution in [0.25, 0.3) is 0 Å². The highest BCUT2D eigenvalue weighted by atomic mass is 19.3. The molecule has 2 nitrogen and oxygen atoms in total. The van der Waals surface area contributed by atoms with Crippen molar-refractivity contribution in [3.05, 3.63) is 35.4 Å². The molecule has 1 rings (SSSR count). The Bertz CT molecular complexity index is 342. The van der Waals surface area contributed by atoms with Gasteiger partial charge in [0.25, 0.3) is 6.43 Å². The molecule has 0 aliphatic heterocycles. The Balaban J connectivity index is 2.56. The van der Waals surface area contributed by atoms with E-state index in [4.69, 9.17) is 0 Å². The molecule has 1 atom stereocenters. The van der Waals surface area contributed by atoms with Crippen molar-refractivity contribution in [3.8, 4) is 0 Å². The minimum absolute atomic E-state index is 0.0505. The van der Waals surface area contributed by atoms with Crippen molar-refractivity contribution < 1.29 is 13.9 Å². The minimum atomic E-state index is -2.49. The van der Waals surface area contributed by atoms with Crippen LogP contribution in [0.5, 0.6) is 0 Å². The summed E-state index contributed by atoms with van der Waals surface area (Å²) in [6.45, 7) is 5.31. The van der Waals surface area contributed by atoms with E-state index in [-0.39, 0.29) is 5.56 Å². The Labute approximate surface area is 101 Å². The molecule has 0 radical (unpaired) electrons. The minimum Gasteiger partial charge on any atom is -0.387 e. The molecule has 0 amide bonds. The maximum atomic E-state index is 12.5. The van der Waals surface area contributed by atoms with Crippen LogP contribution in [-0.2, 0) is 0 Å². The number of rotatable bonds is 6. The molecule has 0 aliphatic carbocycles. The zero-order chi connectivity index (χ0) is 12.8. The fraction of sp³-hybridized carbons (Fsp3) is 0.538. The Morgan fingerprint density at radius 3 is 2.41 bits per heavy atom. The third-order valence-electron chi connectivity index (χ3n) is 2.44. The molecule has 1 aromatic carbocycles. The van der Waals surface area contributed by atoms with E-state index in [0.29, 0.717) is 18.0 Å². The van der Waals surface area contributed by atoms with Crippen LogP contribution in [0.4, 0.5) is 8.78 Å². The summed E-state index contributed by atoms with van der Waals surface area (Å²) in [5.41, 5.74) is 0.476. The Hall–Kier alpha value is -1.00. The van der Waals surface area contributed by atoms with Gasteiger partial charge in [0.05, 0.1) is 6.10 Å². The average molecular weight is 243 g/mol. The number of benzene rings is 1. The Morgan fingerprint density at radius 1 is 1.18 bits per heavy atom. The highest BCUT2D eigenvalue weighted by Crippen LogP contribution is 2.22. The molecule has 2 N–H and O–H groups in total. The van der Waals surface area contributed by atoms with Crippen LogP contribution < -0.4 is 5.32 Å². The highest BCUT2D eigenvalue weighted by molar-refractivity contribution is 5.26. The molecule has 0 spiro atoms. The molecule has 0 bridgehead atoms. The predicted molar refractivity (Wildman–Crippen MR) is 64.1 cm³/mol. The van der Waals surface area contributed by atoms with Gasteiger partial charge in [0.2, 0.25) is 0 Å². The third kappa shape index (κ3) is 4.79. The number of hydrogen-bond donors (Lipinski definition) is 2. The molecule has 1 unspecified atom stereocenters. The quantitative estimate of drug-likeness (QED) is 0.805. The van der Waals surface area contributed by atoms with Gasteiger partial charge < -0.3 is 10.4 Å². The van der Waals surface area contributed by atoms with E-state index in [1.54, 1.807) is 12.1 Å². The van der Waals surface area contributed by atoms with Crippen LogP contribution in [0.1, 0.15) is 37.5 Å². The SMILES string of the molecule is CC(C)CNCC(O)c1cccc(C(F)F)c1. The van der Waals surface area contributed by atoms with E-state index in [2.05, 4.69) is 19.2 Å². The highest BCUT2D eigenvalue weighted by Gasteiger charge is 2.11. The van der Waals surface area contributed by atoms with Gasteiger partial charge in [-0.3, -0.25) is 0 Å². The van der Waals surface area contributed by atoms with Gasteiger partial charge in [0.15, 0.2) is 0 Å². The molecule has 0 saturated carbocycles. The first-order valence-corrected chi connectivity index (χ1v) is 5.77. The summed E-state index contributed by atoms with van der Waals surface area (Å²) < 4.78 is 24.9. The Morgan fingerprint density at radius 2 is 1.82 bits per heavy atom. The Kier molecular flexibility index (Phi) is 5.51. The van der Waals surface area contributed by atoms with Gasteiger partial charge in [-0.15, -0.1) is 0 Å². The predicted octanol–water partition coefficient (Wildman–Crippen LogP) is 2.90. The molecule has 0 saturated heterocycles. The standard InChI is InChI=1S/C13H19F2NO/c1-9(2)7-16-8-12(17)10-4-3-5-11(6-10)13(14)15/h3-6,9,12-13,16-17H,7-8H2,1-2H3. The van der Waals surface area contributed by atoms with Gasteiger partial charge in [0, 0.05) is 12.1 Å². The molecule has 96 valence electrons. The van der Waals surface area contributed by atoms with Gasteiger partial charge in [-0.05, 0) is 24.1 Å². The molecule has 0 aromatic heterocycles. The van der Waals surface area contributed by atoms with Gasteiger partial charge in [0.1, 0.15) is 0 Å². The van der Waals surface area contributed by atoms with Gasteiger partial charge >= 0.3 is 0 Å². The van der Waals surface area contributed by atoms with Crippen molar-refractivity contribution in [3.63, 3.8) is 0 Å². The number of hydrogen-bond acceptors (Lipinski definition) is 2. The zero-order valence-electron chi connectivity index (χ0n) is 10.2. The lowest BCUT2D eigenvalue weighted by atomic mass is 10.1. The van der Waals surface area contributed by atoms with Crippen LogP contribution >= 0.6 is 0 Å². The maximum absolute atomic E-state index is 12.5. The molecule has 0 heterocycles. The lowest BCUT2D eigenvalue weighted by Crippen LogP contribution is -2.25. The van der Waals surface area contributed by atoms with E-state index in [1.165, 1.54) is 12.1 Å². The van der Waals surface area contributed by atoms with Crippen LogP contribution in [0, 0.1) is 5.92 Å². The van der Waals surface area contributed by atoms with Crippen LogP contribution in [0.2, 0.25) is 0 Å². The summed E-state index contributed by atoms with van der Waals surface area (Å²) >= 11 is 0. The largest absolute Gasteiger partial charge is 0.387 e. The summed E-state index contributed by atoms with van der Waals surface area (Å²) in [7, 11) is 0. The van der Waals surface area contributed by atoms with Crippen LogP contribution in [0.15, 0.2) is 24.3 Å². The van der Waals surface area contributed by atoms with E-state index in [9.17, 15) is 13.9 Å². The van der Waals surface area contributed by atoms with E-state index in [0.717, 1.165) is 6.54 Å². The van der Waals surface area contributed by atoms with E-state index < -0.39 is 12.5 Å². The second kappa shape index (κ2) is 6.67. The smallest absolute Gasteiger partial charge is 0.263 e. The van der Waals surface area contributed by atoms with Gasteiger partial charge in [-0.25, -0.2) is 8.78 Å². The molecule has 4 heteroatoms. The van der Waals surface area contributed by atoms with Gasteiger partial charge in [-0.1, -0.05) is 32.0 Å². The first-order valence-electron chi connectivity index (χ1n) is 5.77. The van der Waals surface area contributed by atoms with Crippen LogP contribution in [-0.4, -0.2) is 18.2 Å². The fourth-order valence-electron chi connectivity index (χ4n) is 1.53. The number of alkyl halides is 2. The van der Waals surface area contributed by atoms with Crippen molar-refractivity contribution in [2.45, 2.75) is 26.4 Å². The summed E-state index contributed by atoms with van der Waals surface area (Å²) in [6.07, 6.45) is -3.24. The normalized spacial score (nSPS) is 13.4. The number of nitrogens with one attached hydrogen (secondary N) is 1. The fourth-order valence-corrected chi connectivity index (χ4v) is 1.53. The number of aliphatic hydroxyl groups is 1. The molecular formula is C13H19F2NO. The van der Waals surface area contributed by atoms with E-state index in [1.807, 2.05) is 0 Å². The lowest BCUT2D eigenvalue weighted by Gasteiger charge is -2.14. The second-order valence-electron chi connectivity index (χ2n) is 4.54. The van der Waals surface area contributed by atoms with Crippen molar-refractivity contribution in [2.75, 3.05) is 13.1 Å². The maximum Gasteiger partial charge on any atom is 0.263 e. The first kappa shape index (κ1) is 14.1. The van der Waals surface area contributed by atoms with Crippen molar-refractivity contribution in [1.82, 2.24) is 5.32 Å². The van der Waals surface area contributed by atoms with Crippen molar-refractivity contribution in [2.24, 2.45) is 5.92 Å². The second-order valence-corrected chi connectivity index (χ2v) is 4.54. The zero-order valence-corrected chi connectivity index (χ0v) is 10.2. The monoisotopic (exact) mass is 243 g/mol. The molecule has 17 heavy (non-hydrogen) atoms.